The summed E-state index contributed by atoms with van der Waals surface area (Å²) in [5.74, 6) is -0.0709. The molecule has 0 saturated heterocycles. The molecule has 0 bridgehead atoms. The Bertz CT molecular complexity index is 326. The average molecular weight is 207 g/mol. The van der Waals surface area contributed by atoms with Crippen LogP contribution in [0, 0.1) is 0 Å². The Labute approximate surface area is 89.4 Å². The summed E-state index contributed by atoms with van der Waals surface area (Å²) >= 11 is 0. The van der Waals surface area contributed by atoms with Gasteiger partial charge in [-0.1, -0.05) is 19.3 Å². The first-order valence-corrected chi connectivity index (χ1v) is 5.44. The van der Waals surface area contributed by atoms with Gasteiger partial charge in [-0.3, -0.25) is 14.9 Å². The molecule has 1 aliphatic rings. The minimum atomic E-state index is -0.664. The Hall–Kier alpha value is -1.29. The van der Waals surface area contributed by atoms with Crippen molar-refractivity contribution in [3.63, 3.8) is 0 Å². The van der Waals surface area contributed by atoms with Crippen LogP contribution in [0.25, 0.3) is 0 Å². The van der Waals surface area contributed by atoms with Gasteiger partial charge >= 0.3 is 0 Å². The van der Waals surface area contributed by atoms with Crippen molar-refractivity contribution in [2.45, 2.75) is 37.6 Å². The van der Waals surface area contributed by atoms with Gasteiger partial charge in [-0.25, -0.2) is 0 Å². The summed E-state index contributed by atoms with van der Waals surface area (Å²) in [4.78, 5) is 11.9. The molecule has 0 radical (unpaired) electrons. The molecule has 0 aromatic carbocycles. The van der Waals surface area contributed by atoms with Crippen molar-refractivity contribution < 1.29 is 4.79 Å². The molecule has 1 aliphatic carbocycles. The summed E-state index contributed by atoms with van der Waals surface area (Å²) in [5.41, 5.74) is 8.21. The predicted molar refractivity (Wildman–Crippen MR) is 58.8 cm³/mol. The number of nitrogens with zero attached hydrogens (tertiary/aromatic N) is 1. The van der Waals surface area contributed by atoms with Crippen LogP contribution in [-0.2, 0) is 4.79 Å². The fraction of sp³-hybridized carbons (Fsp3) is 0.545. The molecule has 15 heavy (non-hydrogen) atoms. The van der Waals surface area contributed by atoms with E-state index in [0.29, 0.717) is 0 Å². The number of hydrogen-bond acceptors (Lipinski definition) is 2. The maximum absolute atomic E-state index is 11.9. The summed E-state index contributed by atoms with van der Waals surface area (Å²) in [6.07, 6.45) is 8.47. The van der Waals surface area contributed by atoms with Crippen LogP contribution in [0.2, 0.25) is 0 Å². The van der Waals surface area contributed by atoms with Crippen molar-refractivity contribution >= 4 is 5.91 Å². The zero-order valence-corrected chi connectivity index (χ0v) is 8.78. The van der Waals surface area contributed by atoms with Gasteiger partial charge in [0.25, 0.3) is 5.91 Å². The fourth-order valence-electron chi connectivity index (χ4n) is 2.05. The molecular formula is C11H17N3O. The first-order valence-electron chi connectivity index (χ1n) is 5.44. The third-order valence-corrected chi connectivity index (χ3v) is 3.03. The van der Waals surface area contributed by atoms with Gasteiger partial charge in [0.15, 0.2) is 0 Å². The van der Waals surface area contributed by atoms with Gasteiger partial charge in [0.1, 0.15) is 0 Å². The molecule has 1 heterocycles. The minimum Gasteiger partial charge on any atom is -0.317 e. The molecule has 0 atom stereocenters. The van der Waals surface area contributed by atoms with Crippen LogP contribution in [0.5, 0.6) is 0 Å². The molecule has 4 nitrogen and oxygen atoms in total. The topological polar surface area (TPSA) is 60.1 Å². The zero-order chi connectivity index (χ0) is 10.7. The van der Waals surface area contributed by atoms with Crippen molar-refractivity contribution in [1.82, 2.24) is 4.68 Å². The van der Waals surface area contributed by atoms with E-state index in [9.17, 15) is 4.79 Å². The molecule has 0 spiro atoms. The Kier molecular flexibility index (Phi) is 2.77. The molecule has 82 valence electrons. The average Bonchev–Trinajstić information content (AvgIpc) is 2.71. The van der Waals surface area contributed by atoms with E-state index in [-0.39, 0.29) is 5.91 Å². The number of carbonyl (C=O) groups excluding carboxylic acids is 1. The molecule has 1 amide bonds. The molecular weight excluding hydrogens is 190 g/mol. The van der Waals surface area contributed by atoms with Crippen molar-refractivity contribution in [1.29, 1.82) is 0 Å². The molecule has 3 N–H and O–H groups in total. The molecule has 0 aliphatic heterocycles. The first kappa shape index (κ1) is 10.2. The van der Waals surface area contributed by atoms with Crippen LogP contribution in [0.3, 0.4) is 0 Å². The van der Waals surface area contributed by atoms with Crippen LogP contribution in [0.4, 0.5) is 0 Å². The molecule has 4 heteroatoms. The van der Waals surface area contributed by atoms with E-state index in [2.05, 4.69) is 5.43 Å². The fourth-order valence-corrected chi connectivity index (χ4v) is 2.05. The summed E-state index contributed by atoms with van der Waals surface area (Å²) in [7, 11) is 0. The first-order chi connectivity index (χ1) is 7.21. The maximum atomic E-state index is 11.9. The maximum Gasteiger partial charge on any atom is 0.258 e. The highest BCUT2D eigenvalue weighted by molar-refractivity contribution is 5.92. The second kappa shape index (κ2) is 4.06. The lowest BCUT2D eigenvalue weighted by Crippen LogP contribution is -2.53. The second-order valence-corrected chi connectivity index (χ2v) is 4.25. The van der Waals surface area contributed by atoms with Crippen LogP contribution >= 0.6 is 0 Å². The van der Waals surface area contributed by atoms with E-state index in [1.54, 1.807) is 17.1 Å². The van der Waals surface area contributed by atoms with Crippen LogP contribution in [-0.4, -0.2) is 16.1 Å². The highest BCUT2D eigenvalue weighted by Gasteiger charge is 2.35. The monoisotopic (exact) mass is 207 g/mol. The van der Waals surface area contributed by atoms with Gasteiger partial charge in [0, 0.05) is 12.4 Å². The molecule has 1 aromatic rings. The Morgan fingerprint density at radius 3 is 2.40 bits per heavy atom. The second-order valence-electron chi connectivity index (χ2n) is 4.25. The largest absolute Gasteiger partial charge is 0.317 e. The van der Waals surface area contributed by atoms with Gasteiger partial charge in [0.05, 0.1) is 5.54 Å². The minimum absolute atomic E-state index is 0.0709. The predicted octanol–water partition coefficient (Wildman–Crippen LogP) is 1.22. The van der Waals surface area contributed by atoms with Crippen LogP contribution < -0.4 is 11.2 Å². The number of aromatic nitrogens is 1. The molecule has 0 unspecified atom stereocenters. The number of nitrogens with one attached hydrogen (secondary N) is 1. The number of rotatable bonds is 2. The molecule has 2 rings (SSSR count). The van der Waals surface area contributed by atoms with Crippen LogP contribution in [0.15, 0.2) is 24.5 Å². The van der Waals surface area contributed by atoms with Gasteiger partial charge < -0.3 is 5.73 Å². The summed E-state index contributed by atoms with van der Waals surface area (Å²) in [6.45, 7) is 0. The van der Waals surface area contributed by atoms with Gasteiger partial charge in [-0.05, 0) is 25.0 Å². The van der Waals surface area contributed by atoms with Crippen molar-refractivity contribution in [2.75, 3.05) is 5.43 Å². The Balaban J connectivity index is 2.00. The normalized spacial score (nSPS) is 19.8. The van der Waals surface area contributed by atoms with E-state index in [4.69, 9.17) is 5.73 Å². The standard InChI is InChI=1S/C11H17N3O/c12-11(6-2-1-3-7-11)10(15)13-14-8-4-5-9-14/h4-5,8-9H,1-3,6-7,12H2,(H,13,15). The quantitative estimate of drug-likeness (QED) is 0.766. The Morgan fingerprint density at radius 2 is 1.80 bits per heavy atom. The van der Waals surface area contributed by atoms with E-state index in [1.165, 1.54) is 6.42 Å². The highest BCUT2D eigenvalue weighted by Crippen LogP contribution is 2.26. The summed E-state index contributed by atoms with van der Waals surface area (Å²) < 4.78 is 1.64. The van der Waals surface area contributed by atoms with Gasteiger partial charge in [-0.15, -0.1) is 0 Å². The zero-order valence-electron chi connectivity index (χ0n) is 8.78. The van der Waals surface area contributed by atoms with E-state index >= 15 is 0 Å². The van der Waals surface area contributed by atoms with Crippen molar-refractivity contribution in [3.8, 4) is 0 Å². The van der Waals surface area contributed by atoms with E-state index in [0.717, 1.165) is 25.7 Å². The van der Waals surface area contributed by atoms with Gasteiger partial charge in [-0.2, -0.15) is 0 Å². The third kappa shape index (κ3) is 2.21. The van der Waals surface area contributed by atoms with Crippen LogP contribution in [0.1, 0.15) is 32.1 Å². The van der Waals surface area contributed by atoms with E-state index in [1.807, 2.05) is 12.1 Å². The summed E-state index contributed by atoms with van der Waals surface area (Å²) in [6, 6.07) is 3.73. The highest BCUT2D eigenvalue weighted by atomic mass is 16.2. The van der Waals surface area contributed by atoms with Crippen molar-refractivity contribution in [3.05, 3.63) is 24.5 Å². The lowest BCUT2D eigenvalue weighted by atomic mass is 9.82. The third-order valence-electron chi connectivity index (χ3n) is 3.03. The van der Waals surface area contributed by atoms with Crippen molar-refractivity contribution in [2.24, 2.45) is 5.73 Å². The molecule has 1 saturated carbocycles. The lowest BCUT2D eigenvalue weighted by molar-refractivity contribution is -0.123. The smallest absolute Gasteiger partial charge is 0.258 e. The number of amides is 1. The number of hydrogen-bond donors (Lipinski definition) is 2. The number of carbonyl (C=O) groups is 1. The SMILES string of the molecule is NC1(C(=O)Nn2cccc2)CCCCC1. The Morgan fingerprint density at radius 1 is 1.20 bits per heavy atom. The van der Waals surface area contributed by atoms with E-state index < -0.39 is 5.54 Å². The number of nitrogens with two attached hydrogens (primary N) is 1. The lowest BCUT2D eigenvalue weighted by Gasteiger charge is -2.31. The van der Waals surface area contributed by atoms with Gasteiger partial charge in [0.2, 0.25) is 0 Å². The molecule has 1 aromatic heterocycles. The summed E-state index contributed by atoms with van der Waals surface area (Å²) in [5, 5.41) is 0. The molecule has 1 fully saturated rings.